The van der Waals surface area contributed by atoms with E-state index in [1.54, 1.807) is 0 Å². The average Bonchev–Trinajstić information content (AvgIpc) is 1.58. The Bertz CT molecular complexity index is 152. The van der Waals surface area contributed by atoms with Crippen molar-refractivity contribution in [3.63, 3.8) is 0 Å². The van der Waals surface area contributed by atoms with Gasteiger partial charge in [-0.05, 0) is 6.92 Å². The van der Waals surface area contributed by atoms with Gasteiger partial charge >= 0.3 is 5.97 Å². The predicted octanol–water partition coefficient (Wildman–Crippen LogP) is 0.996. The molecule has 0 unspecified atom stereocenters. The molecule has 0 bridgehead atoms. The summed E-state index contributed by atoms with van der Waals surface area (Å²) in [6, 6.07) is 0. The van der Waals surface area contributed by atoms with Crippen LogP contribution in [-0.2, 0) is 9.59 Å². The van der Waals surface area contributed by atoms with Gasteiger partial charge in [-0.3, -0.25) is 9.59 Å². The molecule has 0 aromatic heterocycles. The number of carbonyl (C=O) groups is 2. The second kappa shape index (κ2) is 3.82. The minimum Gasteiger partial charge on any atom is -0.481 e. The quantitative estimate of drug-likeness (QED) is 0.595. The zero-order valence-corrected chi connectivity index (χ0v) is 5.89. The summed E-state index contributed by atoms with van der Waals surface area (Å²) in [5.74, 6) is -0.988. The van der Waals surface area contributed by atoms with Gasteiger partial charge in [0.25, 0.3) is 0 Å². The van der Waals surface area contributed by atoms with Gasteiger partial charge in [0.15, 0.2) is 0 Å². The Morgan fingerprint density at radius 2 is 1.90 bits per heavy atom. The fraction of sp³-hybridized carbons (Fsp3) is 0.429. The molecule has 10 heavy (non-hydrogen) atoms. The molecule has 0 rings (SSSR count). The Hall–Kier alpha value is -1.12. The monoisotopic (exact) mass is 142 g/mol. The number of carbonyl (C=O) groups excluding carboxylic acids is 1. The smallest absolute Gasteiger partial charge is 0.307 e. The van der Waals surface area contributed by atoms with Crippen molar-refractivity contribution in [2.75, 3.05) is 0 Å². The van der Waals surface area contributed by atoms with Crippen LogP contribution in [0.25, 0.3) is 0 Å². The Morgan fingerprint density at radius 1 is 1.40 bits per heavy atom. The molecule has 0 aliphatic carbocycles. The zero-order chi connectivity index (χ0) is 8.15. The van der Waals surface area contributed by atoms with E-state index in [9.17, 15) is 9.59 Å². The Kier molecular flexibility index (Phi) is 3.39. The highest BCUT2D eigenvalue weighted by Gasteiger charge is 2.02. The maximum atomic E-state index is 10.4. The van der Waals surface area contributed by atoms with E-state index in [4.69, 9.17) is 5.11 Å². The number of carboxylic acids is 1. The predicted molar refractivity (Wildman–Crippen MR) is 36.7 cm³/mol. The fourth-order valence-electron chi connectivity index (χ4n) is 0.628. The van der Waals surface area contributed by atoms with Crippen molar-refractivity contribution in [3.05, 3.63) is 12.2 Å². The van der Waals surface area contributed by atoms with E-state index >= 15 is 0 Å². The number of Topliss-reactive ketones (excluding diaryl/α,β-unsaturated/α-hetero) is 1. The molecule has 0 aromatic carbocycles. The van der Waals surface area contributed by atoms with Crippen LogP contribution >= 0.6 is 0 Å². The van der Waals surface area contributed by atoms with Gasteiger partial charge in [0.1, 0.15) is 5.78 Å². The SMILES string of the molecule is C=C(CC(C)=O)CC(=O)O. The molecule has 1 N–H and O–H groups in total. The molecule has 0 amide bonds. The molecule has 0 heterocycles. The third kappa shape index (κ3) is 5.03. The molecular formula is C7H10O3. The lowest BCUT2D eigenvalue weighted by atomic mass is 10.1. The number of carboxylic acid groups (broad SMARTS) is 1. The summed E-state index contributed by atoms with van der Waals surface area (Å²) in [4.78, 5) is 20.4. The van der Waals surface area contributed by atoms with Gasteiger partial charge in [-0.25, -0.2) is 0 Å². The van der Waals surface area contributed by atoms with E-state index in [2.05, 4.69) is 6.58 Å². The molecule has 0 saturated carbocycles. The van der Waals surface area contributed by atoms with Crippen LogP contribution in [0.1, 0.15) is 19.8 Å². The minimum atomic E-state index is -0.939. The Morgan fingerprint density at radius 3 is 2.20 bits per heavy atom. The molecule has 0 saturated heterocycles. The molecule has 0 fully saturated rings. The first-order chi connectivity index (χ1) is 4.52. The summed E-state index contributed by atoms with van der Waals surface area (Å²) in [6.07, 6.45) is 0.0614. The lowest BCUT2D eigenvalue weighted by Gasteiger charge is -1.96. The first-order valence-electron chi connectivity index (χ1n) is 2.90. The minimum absolute atomic E-state index is 0.0498. The largest absolute Gasteiger partial charge is 0.481 e. The molecule has 56 valence electrons. The van der Waals surface area contributed by atoms with E-state index in [0.717, 1.165) is 0 Å². The van der Waals surface area contributed by atoms with Gasteiger partial charge in [-0.2, -0.15) is 0 Å². The summed E-state index contributed by atoms with van der Waals surface area (Å²) in [5, 5.41) is 8.22. The van der Waals surface area contributed by atoms with Crippen LogP contribution < -0.4 is 0 Å². The van der Waals surface area contributed by atoms with Crippen LogP contribution in [-0.4, -0.2) is 16.9 Å². The third-order valence-corrected chi connectivity index (χ3v) is 0.900. The molecule has 0 aliphatic rings. The second-order valence-electron chi connectivity index (χ2n) is 2.20. The van der Waals surface area contributed by atoms with Crippen molar-refractivity contribution in [1.29, 1.82) is 0 Å². The van der Waals surface area contributed by atoms with Gasteiger partial charge in [0, 0.05) is 6.42 Å². The number of hydrogen-bond acceptors (Lipinski definition) is 2. The normalized spacial score (nSPS) is 8.90. The Balaban J connectivity index is 3.65. The fourth-order valence-corrected chi connectivity index (χ4v) is 0.628. The van der Waals surface area contributed by atoms with Crippen LogP contribution in [0.15, 0.2) is 12.2 Å². The van der Waals surface area contributed by atoms with Crippen LogP contribution in [0.2, 0.25) is 0 Å². The number of hydrogen-bond donors (Lipinski definition) is 1. The first kappa shape index (κ1) is 8.88. The summed E-state index contributed by atoms with van der Waals surface area (Å²) >= 11 is 0. The van der Waals surface area contributed by atoms with Crippen molar-refractivity contribution < 1.29 is 14.7 Å². The molecule has 3 nitrogen and oxygen atoms in total. The molecular weight excluding hydrogens is 132 g/mol. The topological polar surface area (TPSA) is 54.4 Å². The molecule has 0 aromatic rings. The van der Waals surface area contributed by atoms with Gasteiger partial charge in [-0.1, -0.05) is 12.2 Å². The molecule has 0 spiro atoms. The van der Waals surface area contributed by atoms with Gasteiger partial charge in [-0.15, -0.1) is 0 Å². The van der Waals surface area contributed by atoms with E-state index in [-0.39, 0.29) is 18.6 Å². The average molecular weight is 142 g/mol. The van der Waals surface area contributed by atoms with Crippen LogP contribution in [0.3, 0.4) is 0 Å². The van der Waals surface area contributed by atoms with E-state index < -0.39 is 5.97 Å². The van der Waals surface area contributed by atoms with Crippen molar-refractivity contribution >= 4 is 11.8 Å². The number of rotatable bonds is 4. The first-order valence-corrected chi connectivity index (χ1v) is 2.90. The standard InChI is InChI=1S/C7H10O3/c1-5(3-6(2)8)4-7(9)10/h1,3-4H2,2H3,(H,9,10). The van der Waals surface area contributed by atoms with E-state index in [1.807, 2.05) is 0 Å². The highest BCUT2D eigenvalue weighted by atomic mass is 16.4. The summed E-state index contributed by atoms with van der Waals surface area (Å²) in [5.41, 5.74) is 0.458. The van der Waals surface area contributed by atoms with Crippen LogP contribution in [0.5, 0.6) is 0 Å². The Labute approximate surface area is 59.4 Å². The highest BCUT2D eigenvalue weighted by molar-refractivity contribution is 5.80. The maximum absolute atomic E-state index is 10.4. The molecule has 3 heteroatoms. The number of ketones is 1. The highest BCUT2D eigenvalue weighted by Crippen LogP contribution is 2.03. The molecule has 0 atom stereocenters. The van der Waals surface area contributed by atoms with Crippen molar-refractivity contribution in [2.24, 2.45) is 0 Å². The van der Waals surface area contributed by atoms with Crippen molar-refractivity contribution in [2.45, 2.75) is 19.8 Å². The molecule has 0 radical (unpaired) electrons. The van der Waals surface area contributed by atoms with Crippen LogP contribution in [0.4, 0.5) is 0 Å². The van der Waals surface area contributed by atoms with Crippen LogP contribution in [0, 0.1) is 0 Å². The van der Waals surface area contributed by atoms with Gasteiger partial charge in [0.2, 0.25) is 0 Å². The third-order valence-electron chi connectivity index (χ3n) is 0.900. The molecule has 0 aliphatic heterocycles. The van der Waals surface area contributed by atoms with Gasteiger partial charge < -0.3 is 5.11 Å². The van der Waals surface area contributed by atoms with Gasteiger partial charge in [0.05, 0.1) is 6.42 Å². The lowest BCUT2D eigenvalue weighted by molar-refractivity contribution is -0.136. The van der Waals surface area contributed by atoms with E-state index in [1.165, 1.54) is 6.92 Å². The van der Waals surface area contributed by atoms with Crippen molar-refractivity contribution in [1.82, 2.24) is 0 Å². The summed E-state index contributed by atoms with van der Waals surface area (Å²) in [7, 11) is 0. The maximum Gasteiger partial charge on any atom is 0.307 e. The second-order valence-corrected chi connectivity index (χ2v) is 2.20. The zero-order valence-electron chi connectivity index (χ0n) is 5.89. The summed E-state index contributed by atoms with van der Waals surface area (Å²) in [6.45, 7) is 4.84. The number of aliphatic carboxylic acids is 1. The lowest BCUT2D eigenvalue weighted by Crippen LogP contribution is -1.99. The summed E-state index contributed by atoms with van der Waals surface area (Å²) < 4.78 is 0. The van der Waals surface area contributed by atoms with Crippen molar-refractivity contribution in [3.8, 4) is 0 Å². The van der Waals surface area contributed by atoms with E-state index in [0.29, 0.717) is 5.57 Å².